The van der Waals surface area contributed by atoms with Crippen LogP contribution < -0.4 is 4.74 Å². The van der Waals surface area contributed by atoms with Crippen LogP contribution in [0.25, 0.3) is 0 Å². The Bertz CT molecular complexity index is 484. The summed E-state index contributed by atoms with van der Waals surface area (Å²) in [6.07, 6.45) is 2.49. The minimum absolute atomic E-state index is 0.624. The molecule has 2 rings (SSSR count). The van der Waals surface area contributed by atoms with Crippen LogP contribution in [0.4, 0.5) is 0 Å². The molecular weight excluding hydrogens is 332 g/mol. The summed E-state index contributed by atoms with van der Waals surface area (Å²) in [4.78, 5) is 1.31. The van der Waals surface area contributed by atoms with E-state index in [2.05, 4.69) is 52.3 Å². The molecule has 0 N–H and O–H groups in total. The lowest BCUT2D eigenvalue weighted by Crippen LogP contribution is -1.94. The third kappa shape index (κ3) is 5.59. The Morgan fingerprint density at radius 1 is 0.900 bits per heavy atom. The van der Waals surface area contributed by atoms with Gasteiger partial charge in [-0.25, -0.2) is 0 Å². The zero-order valence-electron chi connectivity index (χ0n) is 11.4. The number of halogens is 1. The summed E-state index contributed by atoms with van der Waals surface area (Å²) in [6, 6.07) is 18.6. The third-order valence-electron chi connectivity index (χ3n) is 2.87. The molecule has 0 aliphatic heterocycles. The number of unbranched alkanes of at least 4 members (excludes halogenated alkanes) is 1. The molecule has 0 unspecified atom stereocenters. The molecule has 2 aromatic carbocycles. The van der Waals surface area contributed by atoms with Crippen molar-refractivity contribution in [1.82, 2.24) is 0 Å². The van der Waals surface area contributed by atoms with Crippen molar-refractivity contribution in [2.45, 2.75) is 24.3 Å². The molecule has 0 atom stereocenters. The lowest BCUT2D eigenvalue weighted by molar-refractivity contribution is 0.306. The maximum Gasteiger partial charge on any atom is 0.119 e. The van der Waals surface area contributed by atoms with Gasteiger partial charge in [0.1, 0.15) is 12.4 Å². The first-order valence-electron chi connectivity index (χ1n) is 6.84. The quantitative estimate of drug-likeness (QED) is 0.351. The Morgan fingerprint density at radius 3 is 2.35 bits per heavy atom. The molecule has 0 aliphatic rings. The summed E-state index contributed by atoms with van der Waals surface area (Å²) >= 11 is 5.36. The van der Waals surface area contributed by atoms with E-state index in [0.717, 1.165) is 11.1 Å². The second kappa shape index (κ2) is 9.09. The molecule has 0 radical (unpaired) electrons. The van der Waals surface area contributed by atoms with E-state index in [1.807, 2.05) is 30.0 Å². The van der Waals surface area contributed by atoms with Crippen LogP contribution in [0.3, 0.4) is 0 Å². The molecule has 0 aromatic heterocycles. The molecule has 0 aliphatic carbocycles. The molecule has 0 saturated carbocycles. The number of hydrogen-bond acceptors (Lipinski definition) is 2. The SMILES string of the molecule is BrCCCCSc1ccc(OCc2ccccc2)cc1. The predicted molar refractivity (Wildman–Crippen MR) is 91.0 cm³/mol. The van der Waals surface area contributed by atoms with Gasteiger partial charge in [0.25, 0.3) is 0 Å². The summed E-state index contributed by atoms with van der Waals surface area (Å²) in [5.41, 5.74) is 1.20. The Kier molecular flexibility index (Phi) is 7.02. The second-order valence-electron chi connectivity index (χ2n) is 4.49. The van der Waals surface area contributed by atoms with Crippen molar-refractivity contribution in [3.05, 3.63) is 60.2 Å². The van der Waals surface area contributed by atoms with Crippen molar-refractivity contribution in [3.8, 4) is 5.75 Å². The van der Waals surface area contributed by atoms with Gasteiger partial charge in [-0.1, -0.05) is 46.3 Å². The first-order chi connectivity index (χ1) is 9.88. The van der Waals surface area contributed by atoms with Crippen LogP contribution in [-0.4, -0.2) is 11.1 Å². The summed E-state index contributed by atoms with van der Waals surface area (Å²) < 4.78 is 5.77. The topological polar surface area (TPSA) is 9.23 Å². The molecule has 0 saturated heterocycles. The monoisotopic (exact) mass is 350 g/mol. The standard InChI is InChI=1S/C17H19BrOS/c18-12-4-5-13-20-17-10-8-16(9-11-17)19-14-15-6-2-1-3-7-15/h1-3,6-11H,4-5,12-14H2. The predicted octanol–water partition coefficient (Wildman–Crippen LogP) is 5.53. The number of rotatable bonds is 8. The Hall–Kier alpha value is -0.930. The first kappa shape index (κ1) is 15.5. The fourth-order valence-corrected chi connectivity index (χ4v) is 3.07. The van der Waals surface area contributed by atoms with Crippen molar-refractivity contribution in [2.24, 2.45) is 0 Å². The first-order valence-corrected chi connectivity index (χ1v) is 8.95. The van der Waals surface area contributed by atoms with Gasteiger partial charge in [0, 0.05) is 10.2 Å². The van der Waals surface area contributed by atoms with Crippen molar-refractivity contribution in [2.75, 3.05) is 11.1 Å². The van der Waals surface area contributed by atoms with E-state index in [-0.39, 0.29) is 0 Å². The second-order valence-corrected chi connectivity index (χ2v) is 6.45. The highest BCUT2D eigenvalue weighted by molar-refractivity contribution is 9.09. The van der Waals surface area contributed by atoms with Crippen LogP contribution in [0.1, 0.15) is 18.4 Å². The highest BCUT2D eigenvalue weighted by atomic mass is 79.9. The smallest absolute Gasteiger partial charge is 0.119 e. The van der Waals surface area contributed by atoms with Crippen LogP contribution in [0.5, 0.6) is 5.75 Å². The van der Waals surface area contributed by atoms with Crippen molar-refractivity contribution < 1.29 is 4.74 Å². The minimum Gasteiger partial charge on any atom is -0.489 e. The van der Waals surface area contributed by atoms with Gasteiger partial charge in [0.2, 0.25) is 0 Å². The molecule has 1 nitrogen and oxygen atoms in total. The number of thioether (sulfide) groups is 1. The molecule has 106 valence electrons. The Morgan fingerprint density at radius 2 is 1.65 bits per heavy atom. The van der Waals surface area contributed by atoms with Gasteiger partial charge >= 0.3 is 0 Å². The van der Waals surface area contributed by atoms with Crippen molar-refractivity contribution in [3.63, 3.8) is 0 Å². The third-order valence-corrected chi connectivity index (χ3v) is 4.53. The summed E-state index contributed by atoms with van der Waals surface area (Å²) in [5.74, 6) is 2.11. The van der Waals surface area contributed by atoms with Gasteiger partial charge in [0.15, 0.2) is 0 Å². The number of benzene rings is 2. The number of alkyl halides is 1. The Balaban J connectivity index is 1.76. The van der Waals surface area contributed by atoms with E-state index in [1.54, 1.807) is 0 Å². The zero-order valence-corrected chi connectivity index (χ0v) is 13.8. The van der Waals surface area contributed by atoms with Crippen LogP contribution in [0.15, 0.2) is 59.5 Å². The molecule has 0 heterocycles. The van der Waals surface area contributed by atoms with E-state index in [4.69, 9.17) is 4.74 Å². The van der Waals surface area contributed by atoms with E-state index in [9.17, 15) is 0 Å². The number of ether oxygens (including phenoxy) is 1. The van der Waals surface area contributed by atoms with Gasteiger partial charge in [-0.3, -0.25) is 0 Å². The van der Waals surface area contributed by atoms with E-state index in [1.165, 1.54) is 29.1 Å². The average Bonchev–Trinajstić information content (AvgIpc) is 2.52. The Labute approximate surface area is 133 Å². The highest BCUT2D eigenvalue weighted by Gasteiger charge is 1.98. The highest BCUT2D eigenvalue weighted by Crippen LogP contribution is 2.23. The molecule has 0 bridgehead atoms. The van der Waals surface area contributed by atoms with Gasteiger partial charge < -0.3 is 4.74 Å². The lowest BCUT2D eigenvalue weighted by Gasteiger charge is -2.07. The molecule has 0 fully saturated rings. The lowest BCUT2D eigenvalue weighted by atomic mass is 10.2. The van der Waals surface area contributed by atoms with Gasteiger partial charge in [-0.05, 0) is 48.4 Å². The van der Waals surface area contributed by atoms with E-state index in [0.29, 0.717) is 6.61 Å². The molecule has 0 spiro atoms. The zero-order chi connectivity index (χ0) is 14.0. The summed E-state index contributed by atoms with van der Waals surface area (Å²) in [5, 5.41) is 1.10. The van der Waals surface area contributed by atoms with Gasteiger partial charge in [-0.2, -0.15) is 0 Å². The largest absolute Gasteiger partial charge is 0.489 e. The van der Waals surface area contributed by atoms with Crippen molar-refractivity contribution in [1.29, 1.82) is 0 Å². The molecule has 0 amide bonds. The molecular formula is C17H19BrOS. The molecule has 2 aromatic rings. The molecule has 20 heavy (non-hydrogen) atoms. The van der Waals surface area contributed by atoms with Gasteiger partial charge in [0.05, 0.1) is 0 Å². The normalized spacial score (nSPS) is 10.4. The maximum atomic E-state index is 5.77. The fourth-order valence-electron chi connectivity index (χ4n) is 1.76. The average molecular weight is 351 g/mol. The van der Waals surface area contributed by atoms with E-state index >= 15 is 0 Å². The fraction of sp³-hybridized carbons (Fsp3) is 0.294. The van der Waals surface area contributed by atoms with Crippen molar-refractivity contribution >= 4 is 27.7 Å². The van der Waals surface area contributed by atoms with Gasteiger partial charge in [-0.15, -0.1) is 11.8 Å². The summed E-state index contributed by atoms with van der Waals surface area (Å²) in [7, 11) is 0. The van der Waals surface area contributed by atoms with Crippen LogP contribution in [0, 0.1) is 0 Å². The number of hydrogen-bond donors (Lipinski definition) is 0. The maximum absolute atomic E-state index is 5.77. The van der Waals surface area contributed by atoms with Crippen LogP contribution >= 0.6 is 27.7 Å². The van der Waals surface area contributed by atoms with Crippen LogP contribution in [-0.2, 0) is 6.61 Å². The molecule has 3 heteroatoms. The summed E-state index contributed by atoms with van der Waals surface area (Å²) in [6.45, 7) is 0.624. The van der Waals surface area contributed by atoms with E-state index < -0.39 is 0 Å². The minimum atomic E-state index is 0.624. The van der Waals surface area contributed by atoms with Crippen LogP contribution in [0.2, 0.25) is 0 Å².